The molecule has 4 aliphatic carbocycles. The van der Waals surface area contributed by atoms with E-state index in [4.69, 9.17) is 6.58 Å². The van der Waals surface area contributed by atoms with Crippen LogP contribution in [0.5, 0.6) is 0 Å². The standard InChI is InChI=1S/C36H66P2/c1-4-5-10-19-30(2)28-32(29-37(33-20-11-6-12-21-33)34-22-13-7-14-23-34)31(3)38(35-24-15-8-16-25-35)36-26-17-9-18-27-36/h31-36H,2,4-29H2,1,3H3/t31-,32-/m1/s1. The summed E-state index contributed by atoms with van der Waals surface area (Å²) < 4.78 is 0. The van der Waals surface area contributed by atoms with Crippen molar-refractivity contribution in [3.8, 4) is 0 Å². The molecule has 0 saturated heterocycles. The Bertz CT molecular complexity index is 598. The van der Waals surface area contributed by atoms with E-state index in [2.05, 4.69) is 13.8 Å². The summed E-state index contributed by atoms with van der Waals surface area (Å²) in [6.45, 7) is 9.97. The monoisotopic (exact) mass is 560 g/mol. The molecule has 2 heteroatoms. The van der Waals surface area contributed by atoms with E-state index in [1.807, 2.05) is 0 Å². The summed E-state index contributed by atoms with van der Waals surface area (Å²) in [4.78, 5) is 0. The van der Waals surface area contributed by atoms with Gasteiger partial charge < -0.3 is 0 Å². The molecule has 4 saturated carbocycles. The minimum absolute atomic E-state index is 0.160. The van der Waals surface area contributed by atoms with Gasteiger partial charge in [0.1, 0.15) is 0 Å². The smallest absolute Gasteiger partial charge is 0.0198 e. The van der Waals surface area contributed by atoms with Crippen LogP contribution in [0.3, 0.4) is 0 Å². The highest BCUT2D eigenvalue weighted by Crippen LogP contribution is 2.64. The molecule has 220 valence electrons. The normalized spacial score (nSPS) is 25.2. The molecule has 38 heavy (non-hydrogen) atoms. The molecule has 0 spiro atoms. The molecule has 0 aromatic heterocycles. The first-order valence-electron chi connectivity index (χ1n) is 17.9. The Morgan fingerprint density at radius 1 is 0.632 bits per heavy atom. The third-order valence-electron chi connectivity index (χ3n) is 11.4. The van der Waals surface area contributed by atoms with Gasteiger partial charge in [0, 0.05) is 0 Å². The Hall–Kier alpha value is 0.600. The predicted molar refractivity (Wildman–Crippen MR) is 177 cm³/mol. The van der Waals surface area contributed by atoms with Crippen molar-refractivity contribution in [2.75, 3.05) is 6.16 Å². The summed E-state index contributed by atoms with van der Waals surface area (Å²) in [7, 11) is 0.354. The first-order valence-corrected chi connectivity index (χ1v) is 21.1. The molecular formula is C36H66P2. The second-order valence-corrected chi connectivity index (χ2v) is 20.2. The quantitative estimate of drug-likeness (QED) is 0.113. The van der Waals surface area contributed by atoms with Gasteiger partial charge in [-0.2, -0.15) is 0 Å². The van der Waals surface area contributed by atoms with Crippen molar-refractivity contribution in [3.63, 3.8) is 0 Å². The van der Waals surface area contributed by atoms with E-state index in [-0.39, 0.29) is 15.8 Å². The van der Waals surface area contributed by atoms with Gasteiger partial charge in [-0.25, -0.2) is 0 Å². The zero-order valence-electron chi connectivity index (χ0n) is 26.0. The number of unbranched alkanes of at least 4 members (excludes halogenated alkanes) is 2. The van der Waals surface area contributed by atoms with Crippen LogP contribution in [-0.4, -0.2) is 34.5 Å². The molecule has 0 radical (unpaired) electrons. The summed E-state index contributed by atoms with van der Waals surface area (Å²) in [5.41, 5.74) is 7.05. The largest absolute Gasteiger partial charge is 0.100 e. The molecule has 0 aromatic rings. The minimum Gasteiger partial charge on any atom is -0.100 e. The van der Waals surface area contributed by atoms with Crippen molar-refractivity contribution in [2.45, 2.75) is 203 Å². The maximum atomic E-state index is 4.78. The minimum atomic E-state index is 0.160. The average molecular weight is 561 g/mol. The maximum Gasteiger partial charge on any atom is -0.0198 e. The summed E-state index contributed by atoms with van der Waals surface area (Å²) in [6, 6.07) is 0. The number of rotatable bonds is 14. The third-order valence-corrected chi connectivity index (χ3v) is 19.2. The average Bonchev–Trinajstić information content (AvgIpc) is 2.97. The Morgan fingerprint density at radius 3 is 1.47 bits per heavy atom. The Kier molecular flexibility index (Phi) is 14.5. The lowest BCUT2D eigenvalue weighted by molar-refractivity contribution is 0.463. The van der Waals surface area contributed by atoms with Crippen LogP contribution in [0.4, 0.5) is 0 Å². The van der Waals surface area contributed by atoms with Crippen LogP contribution >= 0.6 is 15.8 Å². The van der Waals surface area contributed by atoms with Crippen molar-refractivity contribution in [2.24, 2.45) is 5.92 Å². The summed E-state index contributed by atoms with van der Waals surface area (Å²) in [6.07, 6.45) is 39.5. The summed E-state index contributed by atoms with van der Waals surface area (Å²) in [5, 5.41) is 0. The van der Waals surface area contributed by atoms with Gasteiger partial charge in [-0.1, -0.05) is 124 Å². The zero-order valence-corrected chi connectivity index (χ0v) is 27.7. The highest BCUT2D eigenvalue weighted by molar-refractivity contribution is 7.60. The van der Waals surface area contributed by atoms with E-state index in [0.717, 1.165) is 34.2 Å². The molecule has 4 fully saturated rings. The van der Waals surface area contributed by atoms with Gasteiger partial charge in [0.25, 0.3) is 0 Å². The summed E-state index contributed by atoms with van der Waals surface area (Å²) in [5.74, 6) is 0.953. The Balaban J connectivity index is 1.56. The van der Waals surface area contributed by atoms with E-state index >= 15 is 0 Å². The van der Waals surface area contributed by atoms with Crippen LogP contribution in [0.15, 0.2) is 12.2 Å². The lowest BCUT2D eigenvalue weighted by Gasteiger charge is -2.47. The van der Waals surface area contributed by atoms with E-state index in [1.54, 1.807) is 63.1 Å². The van der Waals surface area contributed by atoms with Gasteiger partial charge in [0.15, 0.2) is 0 Å². The van der Waals surface area contributed by atoms with Crippen LogP contribution in [0.25, 0.3) is 0 Å². The van der Waals surface area contributed by atoms with Crippen LogP contribution in [-0.2, 0) is 0 Å². The molecule has 0 N–H and O–H groups in total. The molecule has 4 aliphatic rings. The molecule has 0 amide bonds. The number of hydrogen-bond donors (Lipinski definition) is 0. The number of allylic oxidation sites excluding steroid dienone is 1. The zero-order chi connectivity index (χ0) is 26.6. The van der Waals surface area contributed by atoms with Crippen molar-refractivity contribution in [1.29, 1.82) is 0 Å². The van der Waals surface area contributed by atoms with Crippen LogP contribution in [0.2, 0.25) is 0 Å². The van der Waals surface area contributed by atoms with Gasteiger partial charge >= 0.3 is 0 Å². The number of hydrogen-bond acceptors (Lipinski definition) is 0. The van der Waals surface area contributed by atoms with Gasteiger partial charge in [-0.15, -0.1) is 7.92 Å². The second kappa shape index (κ2) is 17.5. The van der Waals surface area contributed by atoms with Crippen LogP contribution in [0.1, 0.15) is 174 Å². The van der Waals surface area contributed by atoms with Gasteiger partial charge in [0.2, 0.25) is 0 Å². The van der Waals surface area contributed by atoms with Gasteiger partial charge in [-0.3, -0.25) is 0 Å². The second-order valence-electron chi connectivity index (χ2n) is 14.2. The molecule has 0 bridgehead atoms. The molecule has 0 aliphatic heterocycles. The third kappa shape index (κ3) is 9.58. The van der Waals surface area contributed by atoms with Crippen molar-refractivity contribution in [3.05, 3.63) is 12.2 Å². The van der Waals surface area contributed by atoms with Crippen molar-refractivity contribution < 1.29 is 0 Å². The highest BCUT2D eigenvalue weighted by atomic mass is 31.1. The van der Waals surface area contributed by atoms with E-state index in [9.17, 15) is 0 Å². The topological polar surface area (TPSA) is 0 Å². The van der Waals surface area contributed by atoms with Crippen molar-refractivity contribution in [1.82, 2.24) is 0 Å². The Labute approximate surface area is 242 Å². The SMILES string of the molecule is C=C(CCCCC)C[C@H](CP(C1CCCCC1)C1CCCCC1)[C@@H](C)P(C1CCCCC1)C1CCCCC1. The molecule has 0 aromatic carbocycles. The van der Waals surface area contributed by atoms with Crippen LogP contribution < -0.4 is 0 Å². The first-order chi connectivity index (χ1) is 18.7. The van der Waals surface area contributed by atoms with Crippen molar-refractivity contribution >= 4 is 15.8 Å². The molecule has 0 heterocycles. The maximum absolute atomic E-state index is 4.78. The lowest BCUT2D eigenvalue weighted by Crippen LogP contribution is -2.33. The fourth-order valence-corrected chi connectivity index (χ4v) is 18.1. The lowest BCUT2D eigenvalue weighted by atomic mass is 9.95. The van der Waals surface area contributed by atoms with E-state index in [0.29, 0.717) is 0 Å². The Morgan fingerprint density at radius 2 is 1.05 bits per heavy atom. The summed E-state index contributed by atoms with van der Waals surface area (Å²) >= 11 is 0. The van der Waals surface area contributed by atoms with Gasteiger partial charge in [-0.05, 0) is 111 Å². The molecule has 4 rings (SSSR count). The van der Waals surface area contributed by atoms with E-state index < -0.39 is 0 Å². The fraction of sp³-hybridized carbons (Fsp3) is 0.944. The molecule has 0 nitrogen and oxygen atoms in total. The molecule has 0 unspecified atom stereocenters. The molecule has 2 atom stereocenters. The van der Waals surface area contributed by atoms with Gasteiger partial charge in [0.05, 0.1) is 0 Å². The fourth-order valence-electron chi connectivity index (χ4n) is 9.14. The predicted octanol–water partition coefficient (Wildman–Crippen LogP) is 12.8. The highest BCUT2D eigenvalue weighted by Gasteiger charge is 2.40. The van der Waals surface area contributed by atoms with Crippen LogP contribution in [0, 0.1) is 5.92 Å². The molecular weight excluding hydrogens is 494 g/mol. The first kappa shape index (κ1) is 31.5. The van der Waals surface area contributed by atoms with E-state index in [1.165, 1.54) is 109 Å².